The minimum atomic E-state index is -0.335. The van der Waals surface area contributed by atoms with Gasteiger partial charge >= 0.3 is 5.97 Å². The first-order valence-electron chi connectivity index (χ1n) is 8.61. The summed E-state index contributed by atoms with van der Waals surface area (Å²) in [7, 11) is 1.40. The van der Waals surface area contributed by atoms with Crippen LogP contribution in [0.1, 0.15) is 22.3 Å². The molecule has 6 heteroatoms. The number of thioether (sulfide) groups is 1. The molecule has 0 saturated carbocycles. The summed E-state index contributed by atoms with van der Waals surface area (Å²) in [5.41, 5.74) is 3.62. The molecule has 134 valence electrons. The van der Waals surface area contributed by atoms with Gasteiger partial charge in [-0.1, -0.05) is 42.1 Å². The Morgan fingerprint density at radius 3 is 2.81 bits per heavy atom. The summed E-state index contributed by atoms with van der Waals surface area (Å²) in [6.07, 6.45) is 1.27. The molecule has 1 aliphatic heterocycles. The Morgan fingerprint density at radius 1 is 1.31 bits per heavy atom. The maximum Gasteiger partial charge on any atom is 0.337 e. The first-order valence-corrected chi connectivity index (χ1v) is 9.60. The van der Waals surface area contributed by atoms with Crippen LogP contribution in [0.5, 0.6) is 0 Å². The summed E-state index contributed by atoms with van der Waals surface area (Å²) < 4.78 is 12.6. The van der Waals surface area contributed by atoms with Gasteiger partial charge in [0, 0.05) is 12.4 Å². The standard InChI is InChI=1S/C20H20N2O3S/c1-24-19(23)15-7-8-17-18(11-15)22(12-16-9-10-25-16)20(21-17)26-13-14-5-3-2-4-6-14/h2-8,11,16H,9-10,12-13H2,1H3/t16-/m0/s1. The summed E-state index contributed by atoms with van der Waals surface area (Å²) in [6.45, 7) is 1.56. The van der Waals surface area contributed by atoms with Crippen LogP contribution in [-0.4, -0.2) is 35.3 Å². The number of imidazole rings is 1. The van der Waals surface area contributed by atoms with Crippen molar-refractivity contribution in [3.8, 4) is 0 Å². The van der Waals surface area contributed by atoms with Crippen LogP contribution in [0, 0.1) is 0 Å². The lowest BCUT2D eigenvalue weighted by atomic mass is 10.1. The number of aromatic nitrogens is 2. The fraction of sp³-hybridized carbons (Fsp3) is 0.300. The van der Waals surface area contributed by atoms with E-state index in [0.29, 0.717) is 5.56 Å². The molecule has 1 aromatic heterocycles. The second kappa shape index (κ2) is 7.51. The van der Waals surface area contributed by atoms with Gasteiger partial charge in [0.15, 0.2) is 5.16 Å². The summed E-state index contributed by atoms with van der Waals surface area (Å²) in [6, 6.07) is 15.8. The molecule has 2 aromatic carbocycles. The monoisotopic (exact) mass is 368 g/mol. The summed E-state index contributed by atoms with van der Waals surface area (Å²) in [5.74, 6) is 0.512. The zero-order valence-electron chi connectivity index (χ0n) is 14.6. The highest BCUT2D eigenvalue weighted by molar-refractivity contribution is 7.98. The first-order chi connectivity index (χ1) is 12.7. The molecular formula is C20H20N2O3S. The van der Waals surface area contributed by atoms with Gasteiger partial charge in [-0.25, -0.2) is 9.78 Å². The average molecular weight is 368 g/mol. The molecule has 5 nitrogen and oxygen atoms in total. The number of carbonyl (C=O) groups excluding carboxylic acids is 1. The Kier molecular flexibility index (Phi) is 4.95. The lowest BCUT2D eigenvalue weighted by Gasteiger charge is -2.27. The van der Waals surface area contributed by atoms with Gasteiger partial charge in [0.25, 0.3) is 0 Å². The van der Waals surface area contributed by atoms with Crippen LogP contribution in [0.15, 0.2) is 53.7 Å². The van der Waals surface area contributed by atoms with Crippen molar-refractivity contribution in [2.24, 2.45) is 0 Å². The van der Waals surface area contributed by atoms with Crippen LogP contribution in [0.4, 0.5) is 0 Å². The fourth-order valence-electron chi connectivity index (χ4n) is 2.99. The van der Waals surface area contributed by atoms with Crippen LogP contribution in [0.25, 0.3) is 11.0 Å². The predicted octanol–water partition coefficient (Wildman–Crippen LogP) is 3.90. The molecule has 1 saturated heterocycles. The molecule has 1 fully saturated rings. The number of methoxy groups -OCH3 is 1. The van der Waals surface area contributed by atoms with E-state index in [4.69, 9.17) is 14.5 Å². The largest absolute Gasteiger partial charge is 0.465 e. The molecule has 1 atom stereocenters. The van der Waals surface area contributed by atoms with E-state index in [1.807, 2.05) is 30.3 Å². The van der Waals surface area contributed by atoms with Gasteiger partial charge in [-0.2, -0.15) is 0 Å². The minimum absolute atomic E-state index is 0.213. The van der Waals surface area contributed by atoms with Crippen molar-refractivity contribution in [3.05, 3.63) is 59.7 Å². The number of ether oxygens (including phenoxy) is 2. The minimum Gasteiger partial charge on any atom is -0.465 e. The Morgan fingerprint density at radius 2 is 2.12 bits per heavy atom. The van der Waals surface area contributed by atoms with Gasteiger partial charge in [0.05, 0.1) is 36.4 Å². The Bertz CT molecular complexity index is 919. The highest BCUT2D eigenvalue weighted by atomic mass is 32.2. The van der Waals surface area contributed by atoms with E-state index in [1.54, 1.807) is 17.8 Å². The first kappa shape index (κ1) is 17.1. The highest BCUT2D eigenvalue weighted by Crippen LogP contribution is 2.29. The summed E-state index contributed by atoms with van der Waals surface area (Å²) in [4.78, 5) is 16.7. The van der Waals surface area contributed by atoms with E-state index in [9.17, 15) is 4.79 Å². The van der Waals surface area contributed by atoms with Gasteiger partial charge in [0.2, 0.25) is 0 Å². The van der Waals surface area contributed by atoms with E-state index >= 15 is 0 Å². The molecule has 26 heavy (non-hydrogen) atoms. The Labute approximate surface area is 156 Å². The molecular weight excluding hydrogens is 348 g/mol. The second-order valence-electron chi connectivity index (χ2n) is 6.26. The normalized spacial score (nSPS) is 16.4. The van der Waals surface area contributed by atoms with Crippen molar-refractivity contribution in [3.63, 3.8) is 0 Å². The molecule has 0 unspecified atom stereocenters. The number of carbonyl (C=O) groups is 1. The quantitative estimate of drug-likeness (QED) is 0.488. The summed E-state index contributed by atoms with van der Waals surface area (Å²) in [5, 5.41) is 0.946. The number of benzene rings is 2. The SMILES string of the molecule is COC(=O)c1ccc2nc(SCc3ccccc3)n(C[C@@H]3CCO3)c2c1. The van der Waals surface area contributed by atoms with E-state index in [-0.39, 0.29) is 12.1 Å². The van der Waals surface area contributed by atoms with Crippen molar-refractivity contribution in [2.45, 2.75) is 30.0 Å². The van der Waals surface area contributed by atoms with Crippen molar-refractivity contribution in [2.75, 3.05) is 13.7 Å². The zero-order chi connectivity index (χ0) is 17.9. The maximum absolute atomic E-state index is 11.9. The van der Waals surface area contributed by atoms with Gasteiger partial charge < -0.3 is 14.0 Å². The van der Waals surface area contributed by atoms with Gasteiger partial charge in [-0.05, 0) is 30.2 Å². The number of hydrogen-bond donors (Lipinski definition) is 0. The number of esters is 1. The van der Waals surface area contributed by atoms with E-state index in [0.717, 1.165) is 41.5 Å². The van der Waals surface area contributed by atoms with E-state index in [1.165, 1.54) is 12.7 Å². The summed E-state index contributed by atoms with van der Waals surface area (Å²) >= 11 is 1.70. The molecule has 0 spiro atoms. The molecule has 3 aromatic rings. The third-order valence-electron chi connectivity index (χ3n) is 4.52. The van der Waals surface area contributed by atoms with Crippen molar-refractivity contribution >= 4 is 28.8 Å². The lowest BCUT2D eigenvalue weighted by molar-refractivity contribution is -0.0597. The number of fused-ring (bicyclic) bond motifs is 1. The smallest absolute Gasteiger partial charge is 0.337 e. The van der Waals surface area contributed by atoms with Crippen molar-refractivity contribution < 1.29 is 14.3 Å². The van der Waals surface area contributed by atoms with Crippen LogP contribution in [0.2, 0.25) is 0 Å². The third kappa shape index (κ3) is 3.48. The molecule has 1 aliphatic rings. The molecule has 0 aliphatic carbocycles. The fourth-order valence-corrected chi connectivity index (χ4v) is 3.97. The van der Waals surface area contributed by atoms with Crippen LogP contribution in [0.3, 0.4) is 0 Å². The molecule has 4 rings (SSSR count). The van der Waals surface area contributed by atoms with Crippen molar-refractivity contribution in [1.82, 2.24) is 9.55 Å². The average Bonchev–Trinajstić information content (AvgIpc) is 2.99. The highest BCUT2D eigenvalue weighted by Gasteiger charge is 2.22. The van der Waals surface area contributed by atoms with Gasteiger partial charge in [-0.3, -0.25) is 0 Å². The number of hydrogen-bond acceptors (Lipinski definition) is 5. The molecule has 0 radical (unpaired) electrons. The van der Waals surface area contributed by atoms with Crippen molar-refractivity contribution in [1.29, 1.82) is 0 Å². The Balaban J connectivity index is 1.67. The van der Waals surface area contributed by atoms with Gasteiger partial charge in [-0.15, -0.1) is 0 Å². The topological polar surface area (TPSA) is 53.3 Å². The molecule has 2 heterocycles. The van der Waals surface area contributed by atoms with Crippen LogP contribution >= 0.6 is 11.8 Å². The van der Waals surface area contributed by atoms with Crippen LogP contribution in [-0.2, 0) is 21.8 Å². The van der Waals surface area contributed by atoms with Gasteiger partial charge in [0.1, 0.15) is 0 Å². The lowest BCUT2D eigenvalue weighted by Crippen LogP contribution is -2.31. The molecule has 0 bridgehead atoms. The number of nitrogens with zero attached hydrogens (tertiary/aromatic N) is 2. The van der Waals surface area contributed by atoms with Crippen LogP contribution < -0.4 is 0 Å². The zero-order valence-corrected chi connectivity index (χ0v) is 15.4. The molecule has 0 N–H and O–H groups in total. The third-order valence-corrected chi connectivity index (χ3v) is 5.57. The number of rotatable bonds is 6. The Hall–Kier alpha value is -2.31. The van der Waals surface area contributed by atoms with E-state index in [2.05, 4.69) is 16.7 Å². The maximum atomic E-state index is 11.9. The second-order valence-corrected chi connectivity index (χ2v) is 7.20. The predicted molar refractivity (Wildman–Crippen MR) is 101 cm³/mol. The molecule has 0 amide bonds. The van der Waals surface area contributed by atoms with E-state index < -0.39 is 0 Å².